The molecule has 3 aromatic rings. The Morgan fingerprint density at radius 3 is 2.68 bits per heavy atom. The lowest BCUT2D eigenvalue weighted by Crippen LogP contribution is -2.31. The smallest absolute Gasteiger partial charge is 0.294 e. The van der Waals surface area contributed by atoms with E-state index in [2.05, 4.69) is 21.0 Å². The van der Waals surface area contributed by atoms with Crippen molar-refractivity contribution in [3.05, 3.63) is 53.5 Å². The van der Waals surface area contributed by atoms with Crippen LogP contribution in [0.1, 0.15) is 21.7 Å². The molecule has 1 amide bonds. The van der Waals surface area contributed by atoms with Crippen molar-refractivity contribution in [3.8, 4) is 17.5 Å². The summed E-state index contributed by atoms with van der Waals surface area (Å²) in [5.41, 5.74) is 6.48. The summed E-state index contributed by atoms with van der Waals surface area (Å²) >= 11 is 0. The van der Waals surface area contributed by atoms with E-state index < -0.39 is 5.91 Å². The van der Waals surface area contributed by atoms with Crippen LogP contribution < -0.4 is 10.9 Å². The van der Waals surface area contributed by atoms with Crippen LogP contribution in [0, 0.1) is 18.3 Å². The molecule has 0 atom stereocenters. The molecule has 0 unspecified atom stereocenters. The first-order valence-corrected chi connectivity index (χ1v) is 7.35. The second kappa shape index (κ2) is 6.37. The van der Waals surface area contributed by atoms with Crippen molar-refractivity contribution < 1.29 is 9.90 Å². The van der Waals surface area contributed by atoms with Crippen LogP contribution in [-0.2, 0) is 7.05 Å². The van der Waals surface area contributed by atoms with E-state index >= 15 is 0 Å². The van der Waals surface area contributed by atoms with E-state index in [0.717, 1.165) is 0 Å². The average molecular weight is 337 g/mol. The topological polar surface area (TPSA) is 121 Å². The normalized spacial score (nSPS) is 10.3. The molecule has 0 saturated heterocycles. The highest BCUT2D eigenvalue weighted by Crippen LogP contribution is 2.19. The highest BCUT2D eigenvalue weighted by Gasteiger charge is 2.19. The molecular weight excluding hydrogens is 322 g/mol. The summed E-state index contributed by atoms with van der Waals surface area (Å²) in [7, 11) is 1.64. The number of benzene rings is 1. The molecular formula is C16H15N7O2. The zero-order valence-electron chi connectivity index (χ0n) is 13.6. The molecule has 0 bridgehead atoms. The lowest BCUT2D eigenvalue weighted by Gasteiger charge is -2.07. The molecule has 0 saturated carbocycles. The molecule has 0 aliphatic carbocycles. The zero-order chi connectivity index (χ0) is 18.0. The Hall–Kier alpha value is -3.80. The number of carbonyl (C=O) groups excluding carboxylic acids is 1. The molecule has 0 aliphatic heterocycles. The summed E-state index contributed by atoms with van der Waals surface area (Å²) in [5.74, 6) is -0.560. The second-order valence-electron chi connectivity index (χ2n) is 5.27. The largest absolute Gasteiger partial charge is 0.504 e. The number of hydrogen-bond acceptors (Lipinski definition) is 6. The number of hydrogen-bond donors (Lipinski definition) is 3. The number of hydrazine groups is 1. The number of rotatable bonds is 4. The quantitative estimate of drug-likeness (QED) is 0.616. The SMILES string of the molecule is Cc1nn(C)c(NNC(=O)c2nn(-c3ccccc3)cc2O)c1C#N. The van der Waals surface area contributed by atoms with Crippen molar-refractivity contribution in [2.45, 2.75) is 6.92 Å². The predicted molar refractivity (Wildman–Crippen MR) is 89.0 cm³/mol. The van der Waals surface area contributed by atoms with Crippen LogP contribution in [-0.4, -0.2) is 30.6 Å². The van der Waals surface area contributed by atoms with Gasteiger partial charge in [-0.3, -0.25) is 20.3 Å². The summed E-state index contributed by atoms with van der Waals surface area (Å²) in [6.07, 6.45) is 1.35. The molecule has 25 heavy (non-hydrogen) atoms. The van der Waals surface area contributed by atoms with Gasteiger partial charge in [0.05, 0.1) is 17.6 Å². The minimum Gasteiger partial charge on any atom is -0.504 e. The maximum atomic E-state index is 12.3. The third-order valence-corrected chi connectivity index (χ3v) is 3.56. The van der Waals surface area contributed by atoms with Gasteiger partial charge >= 0.3 is 0 Å². The van der Waals surface area contributed by atoms with Crippen LogP contribution in [0.25, 0.3) is 5.69 Å². The number of aromatic hydroxyl groups is 1. The second-order valence-corrected chi connectivity index (χ2v) is 5.27. The summed E-state index contributed by atoms with van der Waals surface area (Å²) in [6, 6.07) is 11.1. The number of aryl methyl sites for hydroxylation is 2. The lowest BCUT2D eigenvalue weighted by molar-refractivity contribution is 0.0954. The highest BCUT2D eigenvalue weighted by atomic mass is 16.3. The van der Waals surface area contributed by atoms with Crippen LogP contribution in [0.3, 0.4) is 0 Å². The molecule has 1 aromatic carbocycles. The van der Waals surface area contributed by atoms with E-state index in [1.54, 1.807) is 26.1 Å². The standard InChI is InChI=1S/C16H15N7O2/c1-10-12(8-17)15(22(2)20-10)18-19-16(25)14-13(24)9-23(21-14)11-6-4-3-5-7-11/h3-7,9,18,24H,1-2H3,(H,19,25). The summed E-state index contributed by atoms with van der Waals surface area (Å²) < 4.78 is 2.84. The Bertz CT molecular complexity index is 967. The molecule has 0 aliphatic rings. The molecule has 0 radical (unpaired) electrons. The van der Waals surface area contributed by atoms with E-state index in [9.17, 15) is 9.90 Å². The van der Waals surface area contributed by atoms with Crippen molar-refractivity contribution in [2.24, 2.45) is 7.05 Å². The van der Waals surface area contributed by atoms with Crippen LogP contribution in [0.15, 0.2) is 36.5 Å². The van der Waals surface area contributed by atoms with Gasteiger partial charge in [0.2, 0.25) is 0 Å². The van der Waals surface area contributed by atoms with Crippen molar-refractivity contribution in [2.75, 3.05) is 5.43 Å². The van der Waals surface area contributed by atoms with Gasteiger partial charge in [-0.25, -0.2) is 4.68 Å². The highest BCUT2D eigenvalue weighted by molar-refractivity contribution is 5.95. The van der Waals surface area contributed by atoms with E-state index in [1.807, 2.05) is 24.3 Å². The molecule has 2 aromatic heterocycles. The van der Waals surface area contributed by atoms with Gasteiger partial charge in [-0.05, 0) is 19.1 Å². The molecule has 0 spiro atoms. The van der Waals surface area contributed by atoms with E-state index in [-0.39, 0.29) is 11.4 Å². The van der Waals surface area contributed by atoms with Crippen LogP contribution in [0.5, 0.6) is 5.75 Å². The Morgan fingerprint density at radius 1 is 1.28 bits per heavy atom. The minimum atomic E-state index is -0.644. The van der Waals surface area contributed by atoms with Gasteiger partial charge in [0, 0.05) is 7.05 Å². The molecule has 3 rings (SSSR count). The molecule has 3 N–H and O–H groups in total. The molecule has 126 valence electrons. The van der Waals surface area contributed by atoms with E-state index in [0.29, 0.717) is 22.8 Å². The number of aromatic nitrogens is 4. The predicted octanol–water partition coefficient (Wildman–Crippen LogP) is 1.25. The first-order chi connectivity index (χ1) is 12.0. The van der Waals surface area contributed by atoms with Gasteiger partial charge in [0.15, 0.2) is 17.3 Å². The van der Waals surface area contributed by atoms with Gasteiger partial charge in [0.25, 0.3) is 5.91 Å². The fourth-order valence-corrected chi connectivity index (χ4v) is 2.35. The van der Waals surface area contributed by atoms with Crippen molar-refractivity contribution >= 4 is 11.7 Å². The zero-order valence-corrected chi connectivity index (χ0v) is 13.6. The van der Waals surface area contributed by atoms with Gasteiger partial charge in [-0.15, -0.1) is 0 Å². The van der Waals surface area contributed by atoms with E-state index in [4.69, 9.17) is 5.26 Å². The molecule has 9 nitrogen and oxygen atoms in total. The molecule has 2 heterocycles. The van der Waals surface area contributed by atoms with Crippen LogP contribution >= 0.6 is 0 Å². The number of anilines is 1. The number of nitriles is 1. The fraction of sp³-hybridized carbons (Fsp3) is 0.125. The van der Waals surface area contributed by atoms with Gasteiger partial charge in [0.1, 0.15) is 11.6 Å². The Kier molecular flexibility index (Phi) is 4.09. The maximum absolute atomic E-state index is 12.3. The number of para-hydroxylation sites is 1. The van der Waals surface area contributed by atoms with Crippen LogP contribution in [0.4, 0.5) is 5.82 Å². The number of carbonyl (C=O) groups is 1. The summed E-state index contributed by atoms with van der Waals surface area (Å²) in [5, 5.41) is 27.3. The summed E-state index contributed by atoms with van der Waals surface area (Å²) in [4.78, 5) is 12.3. The van der Waals surface area contributed by atoms with Gasteiger partial charge in [-0.1, -0.05) is 18.2 Å². The fourth-order valence-electron chi connectivity index (χ4n) is 2.35. The third-order valence-electron chi connectivity index (χ3n) is 3.56. The van der Waals surface area contributed by atoms with Crippen molar-refractivity contribution in [1.82, 2.24) is 25.0 Å². The monoisotopic (exact) mass is 337 g/mol. The Morgan fingerprint density at radius 2 is 2.00 bits per heavy atom. The minimum absolute atomic E-state index is 0.145. The first-order valence-electron chi connectivity index (χ1n) is 7.35. The van der Waals surface area contributed by atoms with E-state index in [1.165, 1.54) is 15.6 Å². The average Bonchev–Trinajstić information content (AvgIpc) is 3.12. The summed E-state index contributed by atoms with van der Waals surface area (Å²) in [6.45, 7) is 1.69. The Balaban J connectivity index is 1.79. The third kappa shape index (κ3) is 3.00. The first kappa shape index (κ1) is 16.1. The number of nitrogens with zero attached hydrogens (tertiary/aromatic N) is 5. The van der Waals surface area contributed by atoms with Gasteiger partial charge < -0.3 is 5.11 Å². The molecule has 0 fully saturated rings. The van der Waals surface area contributed by atoms with Crippen molar-refractivity contribution in [1.29, 1.82) is 5.26 Å². The maximum Gasteiger partial charge on any atom is 0.294 e. The number of amides is 1. The lowest BCUT2D eigenvalue weighted by atomic mass is 10.3. The van der Waals surface area contributed by atoms with Crippen LogP contribution in [0.2, 0.25) is 0 Å². The Labute approximate surface area is 143 Å². The van der Waals surface area contributed by atoms with Crippen molar-refractivity contribution in [3.63, 3.8) is 0 Å². The molecule has 9 heteroatoms. The van der Waals surface area contributed by atoms with Gasteiger partial charge in [-0.2, -0.15) is 15.5 Å². The number of nitrogens with one attached hydrogen (secondary N) is 2.